The summed E-state index contributed by atoms with van der Waals surface area (Å²) in [6.45, 7) is 5.43. The van der Waals surface area contributed by atoms with Crippen LogP contribution < -0.4 is 16.8 Å². The zero-order chi connectivity index (χ0) is 41.0. The standard InChI is InChI=1S/C41H65N9O8/c1-3-4-5-6-7-8-9-10-11-12-13-14-15-16-17-18-21-56-32(25-54-24-31-19-20-35(57-31)50-29-45-37-38(50)43-28-44-40(37)52)26-55-27-34-33(47-48-42)22-36(58-34)49-23-30(2)39(51)46-41(49)53/h23,28-29,31-36H,3-22,24-27H2,1-2H3,(H,43,44,52)(H,46,51,53)/t31-,32?,33-,34+,35+,36+/m0/s1. The van der Waals surface area contributed by atoms with Crippen molar-refractivity contribution in [3.05, 3.63) is 66.0 Å². The largest absolute Gasteiger partial charge is 0.376 e. The molecule has 2 aliphatic heterocycles. The maximum Gasteiger partial charge on any atom is 0.330 e. The van der Waals surface area contributed by atoms with Gasteiger partial charge in [0.1, 0.15) is 18.6 Å². The SMILES string of the molecule is CCCCCCCCCCCCCCCCCCOC(COC[C@@H]1CC[C@H](n2cnc3c(=O)[nH]cnc32)O1)COC[C@H]1O[C@@H](n2cc(C)c(=O)[nH]c2=O)C[C@@H]1N=[N+]=[N-]. The molecule has 2 saturated heterocycles. The highest BCUT2D eigenvalue weighted by Crippen LogP contribution is 2.31. The summed E-state index contributed by atoms with van der Waals surface area (Å²) in [4.78, 5) is 52.9. The van der Waals surface area contributed by atoms with Gasteiger partial charge in [-0.25, -0.2) is 14.8 Å². The molecule has 5 heterocycles. The summed E-state index contributed by atoms with van der Waals surface area (Å²) in [5.74, 6) is 0. The van der Waals surface area contributed by atoms with Crippen molar-refractivity contribution in [1.29, 1.82) is 0 Å². The minimum Gasteiger partial charge on any atom is -0.376 e. The monoisotopic (exact) mass is 811 g/mol. The smallest absolute Gasteiger partial charge is 0.330 e. The van der Waals surface area contributed by atoms with Crippen molar-refractivity contribution in [1.82, 2.24) is 29.1 Å². The summed E-state index contributed by atoms with van der Waals surface area (Å²) in [6.07, 6.45) is 24.9. The highest BCUT2D eigenvalue weighted by Gasteiger charge is 2.37. The van der Waals surface area contributed by atoms with Gasteiger partial charge >= 0.3 is 5.69 Å². The number of aryl methyl sites for hydroxylation is 1. The van der Waals surface area contributed by atoms with Crippen LogP contribution >= 0.6 is 0 Å². The predicted octanol–water partition coefficient (Wildman–Crippen LogP) is 7.30. The number of hydrogen-bond acceptors (Lipinski definition) is 11. The van der Waals surface area contributed by atoms with E-state index >= 15 is 0 Å². The minimum atomic E-state index is -0.718. The van der Waals surface area contributed by atoms with Crippen molar-refractivity contribution >= 4 is 11.2 Å². The van der Waals surface area contributed by atoms with Crippen LogP contribution in [0.25, 0.3) is 21.6 Å². The van der Waals surface area contributed by atoms with E-state index in [9.17, 15) is 19.9 Å². The lowest BCUT2D eigenvalue weighted by atomic mass is 10.0. The van der Waals surface area contributed by atoms with Crippen molar-refractivity contribution in [3.8, 4) is 0 Å². The number of aromatic nitrogens is 6. The summed E-state index contributed by atoms with van der Waals surface area (Å²) in [6, 6.07) is -0.566. The van der Waals surface area contributed by atoms with E-state index < -0.39 is 29.6 Å². The Morgan fingerprint density at radius 2 is 1.50 bits per heavy atom. The second-order valence-corrected chi connectivity index (χ2v) is 15.8. The summed E-state index contributed by atoms with van der Waals surface area (Å²) in [5.41, 5.74) is 9.01. The van der Waals surface area contributed by atoms with E-state index in [1.807, 2.05) is 0 Å². The third kappa shape index (κ3) is 14.2. The first-order valence-corrected chi connectivity index (χ1v) is 21.7. The highest BCUT2D eigenvalue weighted by atomic mass is 16.6. The molecule has 17 heteroatoms. The van der Waals surface area contributed by atoms with Gasteiger partial charge in [0.15, 0.2) is 11.2 Å². The average molecular weight is 812 g/mol. The van der Waals surface area contributed by atoms with Crippen molar-refractivity contribution in [2.75, 3.05) is 33.0 Å². The summed E-state index contributed by atoms with van der Waals surface area (Å²) in [5, 5.41) is 3.91. The fourth-order valence-corrected chi connectivity index (χ4v) is 7.80. The Morgan fingerprint density at radius 3 is 2.17 bits per heavy atom. The molecule has 1 unspecified atom stereocenters. The van der Waals surface area contributed by atoms with Gasteiger partial charge in [-0.15, -0.1) is 0 Å². The molecule has 2 fully saturated rings. The number of imidazole rings is 1. The molecule has 0 saturated carbocycles. The first-order valence-electron chi connectivity index (χ1n) is 21.7. The first kappa shape index (κ1) is 45.2. The molecular weight excluding hydrogens is 747 g/mol. The van der Waals surface area contributed by atoms with Crippen LogP contribution in [0.15, 0.2) is 38.3 Å². The summed E-state index contributed by atoms with van der Waals surface area (Å²) in [7, 11) is 0. The van der Waals surface area contributed by atoms with E-state index in [-0.39, 0.29) is 55.8 Å². The number of unbranched alkanes of at least 4 members (excludes halogenated alkanes) is 15. The molecular formula is C41H65N9O8. The van der Waals surface area contributed by atoms with Crippen LogP contribution in [0.2, 0.25) is 0 Å². The fraction of sp³-hybridized carbons (Fsp3) is 0.780. The van der Waals surface area contributed by atoms with Crippen molar-refractivity contribution < 1.29 is 23.7 Å². The summed E-state index contributed by atoms with van der Waals surface area (Å²) < 4.78 is 34.0. The van der Waals surface area contributed by atoms with Crippen LogP contribution in [0, 0.1) is 6.92 Å². The number of nitrogens with zero attached hydrogens (tertiary/aromatic N) is 7. The highest BCUT2D eigenvalue weighted by molar-refractivity contribution is 5.68. The van der Waals surface area contributed by atoms with Gasteiger partial charge in [0.25, 0.3) is 11.1 Å². The van der Waals surface area contributed by atoms with E-state index in [1.54, 1.807) is 17.8 Å². The predicted molar refractivity (Wildman–Crippen MR) is 220 cm³/mol. The number of rotatable bonds is 29. The van der Waals surface area contributed by atoms with Gasteiger partial charge < -0.3 is 28.7 Å². The maximum atomic E-state index is 12.5. The number of aromatic amines is 2. The van der Waals surface area contributed by atoms with Crippen molar-refractivity contribution in [2.24, 2.45) is 5.11 Å². The normalized spacial score (nSPS) is 21.2. The van der Waals surface area contributed by atoms with E-state index in [1.165, 1.54) is 107 Å². The van der Waals surface area contributed by atoms with E-state index in [2.05, 4.69) is 36.9 Å². The van der Waals surface area contributed by atoms with Crippen molar-refractivity contribution in [2.45, 2.75) is 173 Å². The van der Waals surface area contributed by atoms with Gasteiger partial charge in [0, 0.05) is 29.7 Å². The second kappa shape index (κ2) is 24.9. The van der Waals surface area contributed by atoms with Gasteiger partial charge in [-0.05, 0) is 31.7 Å². The topological polar surface area (TPSA) is 213 Å². The first-order chi connectivity index (χ1) is 28.4. The second-order valence-electron chi connectivity index (χ2n) is 15.8. The molecule has 322 valence electrons. The lowest BCUT2D eigenvalue weighted by Crippen LogP contribution is -2.34. The van der Waals surface area contributed by atoms with E-state index in [4.69, 9.17) is 23.7 Å². The molecule has 5 rings (SSSR count). The average Bonchev–Trinajstić information content (AvgIpc) is 3.97. The Labute approximate surface area is 340 Å². The van der Waals surface area contributed by atoms with Gasteiger partial charge in [-0.1, -0.05) is 108 Å². The Balaban J connectivity index is 1.03. The van der Waals surface area contributed by atoms with Crippen LogP contribution in [0.1, 0.15) is 147 Å². The van der Waals surface area contributed by atoms with Crippen LogP contribution in [0.3, 0.4) is 0 Å². The van der Waals surface area contributed by atoms with Crippen LogP contribution in [-0.4, -0.2) is 86.5 Å². The molecule has 3 aromatic rings. The number of hydrogen-bond donors (Lipinski definition) is 2. The molecule has 0 bridgehead atoms. The molecule has 0 amide bonds. The van der Waals surface area contributed by atoms with E-state index in [0.29, 0.717) is 24.4 Å². The summed E-state index contributed by atoms with van der Waals surface area (Å²) >= 11 is 0. The Morgan fingerprint density at radius 1 is 0.845 bits per heavy atom. The van der Waals surface area contributed by atoms with Gasteiger partial charge in [0.05, 0.1) is 57.3 Å². The molecule has 0 radical (unpaired) electrons. The molecule has 6 atom stereocenters. The molecule has 0 spiro atoms. The molecule has 3 aromatic heterocycles. The van der Waals surface area contributed by atoms with Crippen LogP contribution in [0.4, 0.5) is 0 Å². The zero-order valence-electron chi connectivity index (χ0n) is 34.6. The quantitative estimate of drug-likeness (QED) is 0.0309. The minimum absolute atomic E-state index is 0.110. The maximum absolute atomic E-state index is 12.5. The number of H-pyrrole nitrogens is 2. The van der Waals surface area contributed by atoms with Crippen LogP contribution in [-0.2, 0) is 23.7 Å². The number of azide groups is 1. The van der Waals surface area contributed by atoms with Crippen molar-refractivity contribution in [3.63, 3.8) is 0 Å². The number of ether oxygens (including phenoxy) is 5. The molecule has 0 aliphatic carbocycles. The third-order valence-corrected chi connectivity index (χ3v) is 11.2. The Hall–Kier alpha value is -3.86. The number of fused-ring (bicyclic) bond motifs is 1. The molecule has 17 nitrogen and oxygen atoms in total. The number of nitrogens with one attached hydrogen (secondary N) is 2. The molecule has 0 aromatic carbocycles. The van der Waals surface area contributed by atoms with Gasteiger partial charge in [-0.2, -0.15) is 0 Å². The zero-order valence-corrected chi connectivity index (χ0v) is 34.6. The van der Waals surface area contributed by atoms with E-state index in [0.717, 1.165) is 25.7 Å². The molecule has 2 aliphatic rings. The lowest BCUT2D eigenvalue weighted by molar-refractivity contribution is -0.0998. The molecule has 58 heavy (non-hydrogen) atoms. The Bertz CT molecular complexity index is 1870. The van der Waals surface area contributed by atoms with Gasteiger partial charge in [-0.3, -0.25) is 23.7 Å². The fourth-order valence-electron chi connectivity index (χ4n) is 7.80. The van der Waals surface area contributed by atoms with Gasteiger partial charge in [0.2, 0.25) is 0 Å². The molecule has 2 N–H and O–H groups in total. The third-order valence-electron chi connectivity index (χ3n) is 11.2. The lowest BCUT2D eigenvalue weighted by Gasteiger charge is -2.22. The Kier molecular flexibility index (Phi) is 19.4. The van der Waals surface area contributed by atoms with Crippen LogP contribution in [0.5, 0.6) is 0 Å².